The maximum absolute atomic E-state index is 11.8. The summed E-state index contributed by atoms with van der Waals surface area (Å²) in [5.74, 6) is 0.804. The third-order valence-corrected chi connectivity index (χ3v) is 3.80. The van der Waals surface area contributed by atoms with Crippen LogP contribution < -0.4 is 10.6 Å². The molecule has 0 atom stereocenters. The van der Waals surface area contributed by atoms with Crippen molar-refractivity contribution in [3.05, 3.63) is 28.8 Å². The largest absolute Gasteiger partial charge is 0.355 e. The fraction of sp³-hybridized carbons (Fsp3) is 0.467. The van der Waals surface area contributed by atoms with Gasteiger partial charge in [0.05, 0.1) is 11.5 Å². The predicted molar refractivity (Wildman–Crippen MR) is 90.0 cm³/mol. The van der Waals surface area contributed by atoms with Gasteiger partial charge in [0, 0.05) is 17.3 Å². The molecule has 2 amide bonds. The van der Waals surface area contributed by atoms with Crippen LogP contribution in [0.4, 0.5) is 5.69 Å². The topological polar surface area (TPSA) is 58.2 Å². The van der Waals surface area contributed by atoms with E-state index in [1.165, 1.54) is 11.8 Å². The van der Waals surface area contributed by atoms with E-state index in [-0.39, 0.29) is 17.6 Å². The highest BCUT2D eigenvalue weighted by Crippen LogP contribution is 2.19. The third-order valence-electron chi connectivity index (χ3n) is 2.64. The van der Waals surface area contributed by atoms with Crippen molar-refractivity contribution in [2.24, 2.45) is 5.92 Å². The Balaban J connectivity index is 2.29. The minimum atomic E-state index is -0.123. The van der Waals surface area contributed by atoms with Gasteiger partial charge in [0.25, 0.3) is 0 Å². The average molecular weight is 329 g/mol. The van der Waals surface area contributed by atoms with E-state index in [0.29, 0.717) is 23.2 Å². The summed E-state index contributed by atoms with van der Waals surface area (Å²) in [5, 5.41) is 6.27. The molecule has 0 saturated carbocycles. The Hall–Kier alpha value is -1.20. The summed E-state index contributed by atoms with van der Waals surface area (Å²) < 4.78 is 0. The van der Waals surface area contributed by atoms with E-state index in [9.17, 15) is 9.59 Å². The smallest absolute Gasteiger partial charge is 0.234 e. The lowest BCUT2D eigenvalue weighted by atomic mass is 10.2. The van der Waals surface area contributed by atoms with E-state index in [0.717, 1.165) is 11.3 Å². The number of hydrogen-bond acceptors (Lipinski definition) is 3. The van der Waals surface area contributed by atoms with Crippen LogP contribution in [0.1, 0.15) is 19.4 Å². The Kier molecular flexibility index (Phi) is 7.61. The number of aryl methyl sites for hydroxylation is 1. The molecule has 0 radical (unpaired) electrons. The molecule has 0 aliphatic heterocycles. The van der Waals surface area contributed by atoms with E-state index >= 15 is 0 Å². The zero-order chi connectivity index (χ0) is 15.8. The van der Waals surface area contributed by atoms with E-state index in [1.807, 2.05) is 20.8 Å². The first kappa shape index (κ1) is 17.9. The first-order valence-corrected chi connectivity index (χ1v) is 8.32. The maximum atomic E-state index is 11.8. The molecule has 116 valence electrons. The quantitative estimate of drug-likeness (QED) is 0.808. The lowest BCUT2D eigenvalue weighted by molar-refractivity contribution is -0.118. The summed E-state index contributed by atoms with van der Waals surface area (Å²) >= 11 is 7.16. The van der Waals surface area contributed by atoms with Crippen LogP contribution in [-0.2, 0) is 9.59 Å². The molecule has 0 aromatic heterocycles. The molecule has 0 heterocycles. The molecule has 0 bridgehead atoms. The molecular formula is C15H21ClN2O2S. The van der Waals surface area contributed by atoms with E-state index in [4.69, 9.17) is 11.6 Å². The minimum Gasteiger partial charge on any atom is -0.355 e. The molecule has 0 aliphatic rings. The van der Waals surface area contributed by atoms with Crippen molar-refractivity contribution in [2.45, 2.75) is 20.8 Å². The Morgan fingerprint density at radius 2 is 1.90 bits per heavy atom. The summed E-state index contributed by atoms with van der Waals surface area (Å²) in [5.41, 5.74) is 1.66. The van der Waals surface area contributed by atoms with Gasteiger partial charge in [-0.25, -0.2) is 0 Å². The van der Waals surface area contributed by atoms with Crippen LogP contribution in [0.3, 0.4) is 0 Å². The summed E-state index contributed by atoms with van der Waals surface area (Å²) in [6.07, 6.45) is 0. The summed E-state index contributed by atoms with van der Waals surface area (Å²) in [7, 11) is 0. The second-order valence-electron chi connectivity index (χ2n) is 5.20. The van der Waals surface area contributed by atoms with Gasteiger partial charge < -0.3 is 10.6 Å². The zero-order valence-corrected chi connectivity index (χ0v) is 14.1. The van der Waals surface area contributed by atoms with Crippen molar-refractivity contribution < 1.29 is 9.59 Å². The molecule has 0 saturated heterocycles. The maximum Gasteiger partial charge on any atom is 0.234 e. The number of thioether (sulfide) groups is 1. The average Bonchev–Trinajstić information content (AvgIpc) is 2.39. The molecule has 1 rings (SSSR count). The van der Waals surface area contributed by atoms with Crippen LogP contribution in [-0.4, -0.2) is 29.9 Å². The van der Waals surface area contributed by atoms with E-state index < -0.39 is 0 Å². The number of benzene rings is 1. The van der Waals surface area contributed by atoms with Gasteiger partial charge >= 0.3 is 0 Å². The molecule has 21 heavy (non-hydrogen) atoms. The van der Waals surface area contributed by atoms with Gasteiger partial charge in [-0.05, 0) is 36.6 Å². The van der Waals surface area contributed by atoms with Crippen molar-refractivity contribution in [2.75, 3.05) is 23.4 Å². The van der Waals surface area contributed by atoms with Crippen molar-refractivity contribution in [1.82, 2.24) is 5.32 Å². The molecule has 1 aromatic rings. The normalized spacial score (nSPS) is 10.5. The molecule has 0 aliphatic carbocycles. The van der Waals surface area contributed by atoms with Gasteiger partial charge in [-0.2, -0.15) is 0 Å². The zero-order valence-electron chi connectivity index (χ0n) is 12.5. The minimum absolute atomic E-state index is 0.0378. The number of carbonyl (C=O) groups excluding carboxylic acids is 2. The van der Waals surface area contributed by atoms with Gasteiger partial charge in [0.2, 0.25) is 11.8 Å². The van der Waals surface area contributed by atoms with E-state index in [1.54, 1.807) is 18.2 Å². The molecule has 2 N–H and O–H groups in total. The van der Waals surface area contributed by atoms with Crippen molar-refractivity contribution in [3.8, 4) is 0 Å². The number of halogens is 1. The van der Waals surface area contributed by atoms with Gasteiger partial charge in [0.15, 0.2) is 0 Å². The van der Waals surface area contributed by atoms with Crippen molar-refractivity contribution >= 4 is 40.9 Å². The lowest BCUT2D eigenvalue weighted by Gasteiger charge is -2.09. The number of carbonyl (C=O) groups is 2. The SMILES string of the molecule is Cc1cc(Cl)ccc1NC(=O)CSCC(=O)NCC(C)C. The lowest BCUT2D eigenvalue weighted by Crippen LogP contribution is -2.29. The molecule has 0 fully saturated rings. The van der Waals surface area contributed by atoms with Crippen LogP contribution in [0.15, 0.2) is 18.2 Å². The number of amides is 2. The number of nitrogens with one attached hydrogen (secondary N) is 2. The fourth-order valence-electron chi connectivity index (χ4n) is 1.56. The summed E-state index contributed by atoms with van der Waals surface area (Å²) in [4.78, 5) is 23.3. The second kappa shape index (κ2) is 8.95. The van der Waals surface area contributed by atoms with Gasteiger partial charge in [0.1, 0.15) is 0 Å². The summed E-state index contributed by atoms with van der Waals surface area (Å²) in [6.45, 7) is 6.62. The molecular weight excluding hydrogens is 308 g/mol. The van der Waals surface area contributed by atoms with Gasteiger partial charge in [-0.1, -0.05) is 25.4 Å². The van der Waals surface area contributed by atoms with Crippen LogP contribution >= 0.6 is 23.4 Å². The molecule has 4 nitrogen and oxygen atoms in total. The Bertz CT molecular complexity index is 506. The summed E-state index contributed by atoms with van der Waals surface area (Å²) in [6, 6.07) is 5.30. The highest BCUT2D eigenvalue weighted by molar-refractivity contribution is 8.00. The third kappa shape index (κ3) is 7.39. The second-order valence-corrected chi connectivity index (χ2v) is 6.62. The van der Waals surface area contributed by atoms with Crippen LogP contribution in [0.5, 0.6) is 0 Å². The fourth-order valence-corrected chi connectivity index (χ4v) is 2.43. The Morgan fingerprint density at radius 1 is 1.24 bits per heavy atom. The number of anilines is 1. The highest BCUT2D eigenvalue weighted by Gasteiger charge is 2.08. The van der Waals surface area contributed by atoms with Crippen molar-refractivity contribution in [3.63, 3.8) is 0 Å². The molecule has 6 heteroatoms. The van der Waals surface area contributed by atoms with E-state index in [2.05, 4.69) is 10.6 Å². The van der Waals surface area contributed by atoms with Gasteiger partial charge in [-0.15, -0.1) is 11.8 Å². The first-order chi connectivity index (χ1) is 9.88. The van der Waals surface area contributed by atoms with Crippen LogP contribution in [0.2, 0.25) is 5.02 Å². The van der Waals surface area contributed by atoms with Crippen LogP contribution in [0.25, 0.3) is 0 Å². The molecule has 1 aromatic carbocycles. The standard InChI is InChI=1S/C15H21ClN2O2S/c1-10(2)7-17-14(19)8-21-9-15(20)18-13-5-4-12(16)6-11(13)3/h4-6,10H,7-9H2,1-3H3,(H,17,19)(H,18,20). The Labute approximate surface area is 135 Å². The number of rotatable bonds is 7. The highest BCUT2D eigenvalue weighted by atomic mass is 35.5. The molecule has 0 unspecified atom stereocenters. The first-order valence-electron chi connectivity index (χ1n) is 6.79. The number of hydrogen-bond donors (Lipinski definition) is 2. The van der Waals surface area contributed by atoms with Crippen molar-refractivity contribution in [1.29, 1.82) is 0 Å². The monoisotopic (exact) mass is 328 g/mol. The molecule has 0 spiro atoms. The van der Waals surface area contributed by atoms with Crippen LogP contribution in [0, 0.1) is 12.8 Å². The van der Waals surface area contributed by atoms with Gasteiger partial charge in [-0.3, -0.25) is 9.59 Å². The Morgan fingerprint density at radius 3 is 2.52 bits per heavy atom. The predicted octanol–water partition coefficient (Wildman–Crippen LogP) is 3.09.